The quantitative estimate of drug-likeness (QED) is 0.850. The van der Waals surface area contributed by atoms with Gasteiger partial charge in [0.15, 0.2) is 9.84 Å². The topological polar surface area (TPSA) is 65.6 Å². The number of nitrogens with zero attached hydrogens (tertiary/aromatic N) is 2. The molecular weight excluding hydrogens is 362 g/mol. The summed E-state index contributed by atoms with van der Waals surface area (Å²) in [5.74, 6) is 0.938. The molecule has 0 atom stereocenters. The van der Waals surface area contributed by atoms with Crippen LogP contribution in [0.15, 0.2) is 30.1 Å². The second-order valence-electron chi connectivity index (χ2n) is 7.68. The van der Waals surface area contributed by atoms with Crippen LogP contribution < -0.4 is 4.74 Å². The Bertz CT molecular complexity index is 987. The Morgan fingerprint density at radius 2 is 2.11 bits per heavy atom. The van der Waals surface area contributed by atoms with Gasteiger partial charge in [-0.2, -0.15) is 0 Å². The Balaban J connectivity index is 1.46. The van der Waals surface area contributed by atoms with Gasteiger partial charge in [0.05, 0.1) is 12.4 Å². The zero-order valence-corrected chi connectivity index (χ0v) is 17.0. The lowest BCUT2D eigenvalue weighted by molar-refractivity contribution is 0.201. The maximum atomic E-state index is 11.6. The maximum Gasteiger partial charge on any atom is 0.153 e. The summed E-state index contributed by atoms with van der Waals surface area (Å²) < 4.78 is 28.8. The fraction of sp³-hybridized carbons (Fsp3) is 0.500. The Morgan fingerprint density at radius 3 is 2.74 bits per heavy atom. The van der Waals surface area contributed by atoms with Crippen molar-refractivity contribution in [2.24, 2.45) is 0 Å². The molecule has 27 heavy (non-hydrogen) atoms. The number of aryl methyl sites for hydroxylation is 1. The highest BCUT2D eigenvalue weighted by Crippen LogP contribution is 2.32. The highest BCUT2D eigenvalue weighted by Gasteiger charge is 2.36. The minimum Gasteiger partial charge on any atom is -0.496 e. The van der Waals surface area contributed by atoms with Gasteiger partial charge in [-0.05, 0) is 31.0 Å². The van der Waals surface area contributed by atoms with Gasteiger partial charge in [0, 0.05) is 67.3 Å². The van der Waals surface area contributed by atoms with Gasteiger partial charge in [0.2, 0.25) is 0 Å². The average Bonchev–Trinajstić information content (AvgIpc) is 3.06. The molecule has 7 heteroatoms. The van der Waals surface area contributed by atoms with Crippen LogP contribution in [0.1, 0.15) is 17.5 Å². The van der Waals surface area contributed by atoms with Crippen molar-refractivity contribution in [3.63, 3.8) is 0 Å². The van der Waals surface area contributed by atoms with Crippen LogP contribution in [0.2, 0.25) is 0 Å². The van der Waals surface area contributed by atoms with Gasteiger partial charge >= 0.3 is 0 Å². The second kappa shape index (κ2) is 6.87. The molecule has 0 radical (unpaired) electrons. The van der Waals surface area contributed by atoms with E-state index < -0.39 is 9.84 Å². The van der Waals surface area contributed by atoms with Crippen LogP contribution >= 0.6 is 0 Å². The molecule has 6 nitrogen and oxygen atoms in total. The lowest BCUT2D eigenvalue weighted by atomic mass is 10.0. The first kappa shape index (κ1) is 18.4. The average molecular weight is 390 g/mol. The molecule has 3 heterocycles. The number of benzene rings is 1. The SMILES string of the molecule is COc1cc(C)c2[nH]ccc2c1CN1CC=C(N2CC(S(C)(=O)=O)C2)CC1. The standard InChI is InChI=1S/C20H27N3O3S/c1-14-10-19(26-2)18(17-4-7-21-20(14)17)13-22-8-5-15(6-9-22)23-11-16(12-23)27(3,24)25/h4-5,7,10,16,21H,6,8-9,11-13H2,1-3H3. The summed E-state index contributed by atoms with van der Waals surface area (Å²) in [6, 6.07) is 4.22. The molecule has 1 fully saturated rings. The number of ether oxygens (including phenoxy) is 1. The highest BCUT2D eigenvalue weighted by molar-refractivity contribution is 7.91. The van der Waals surface area contributed by atoms with Gasteiger partial charge in [0.25, 0.3) is 0 Å². The van der Waals surface area contributed by atoms with E-state index in [1.54, 1.807) is 7.11 Å². The molecule has 0 unspecified atom stereocenters. The highest BCUT2D eigenvalue weighted by atomic mass is 32.2. The minimum absolute atomic E-state index is 0.199. The number of hydrogen-bond donors (Lipinski definition) is 1. The summed E-state index contributed by atoms with van der Waals surface area (Å²) in [5.41, 5.74) is 4.87. The van der Waals surface area contributed by atoms with Crippen molar-refractivity contribution in [3.8, 4) is 5.75 Å². The van der Waals surface area contributed by atoms with E-state index in [0.717, 1.165) is 31.8 Å². The van der Waals surface area contributed by atoms with Gasteiger partial charge in [-0.15, -0.1) is 0 Å². The van der Waals surface area contributed by atoms with E-state index in [9.17, 15) is 8.42 Å². The number of H-pyrrole nitrogens is 1. The number of aromatic nitrogens is 1. The van der Waals surface area contributed by atoms with Gasteiger partial charge in [0.1, 0.15) is 5.75 Å². The molecule has 0 amide bonds. The third-order valence-corrected chi connectivity index (χ3v) is 7.35. The maximum absolute atomic E-state index is 11.6. The summed E-state index contributed by atoms with van der Waals surface area (Å²) >= 11 is 0. The minimum atomic E-state index is -2.91. The zero-order chi connectivity index (χ0) is 19.2. The number of aromatic amines is 1. The predicted octanol–water partition coefficient (Wildman–Crippen LogP) is 2.30. The van der Waals surface area contributed by atoms with Crippen molar-refractivity contribution in [1.29, 1.82) is 0 Å². The largest absolute Gasteiger partial charge is 0.496 e. The third kappa shape index (κ3) is 3.46. The van der Waals surface area contributed by atoms with Crippen LogP contribution in [0.5, 0.6) is 5.75 Å². The van der Waals surface area contributed by atoms with Gasteiger partial charge in [-0.1, -0.05) is 6.08 Å². The molecule has 0 bridgehead atoms. The molecule has 0 spiro atoms. The smallest absolute Gasteiger partial charge is 0.153 e. The lowest BCUT2D eigenvalue weighted by Gasteiger charge is -2.43. The van der Waals surface area contributed by atoms with E-state index in [-0.39, 0.29) is 5.25 Å². The van der Waals surface area contributed by atoms with Crippen molar-refractivity contribution < 1.29 is 13.2 Å². The van der Waals surface area contributed by atoms with E-state index in [2.05, 4.69) is 39.9 Å². The van der Waals surface area contributed by atoms with Crippen LogP contribution in [-0.4, -0.2) is 68.0 Å². The summed E-state index contributed by atoms with van der Waals surface area (Å²) in [7, 11) is -1.18. The first-order valence-electron chi connectivity index (χ1n) is 9.35. The summed E-state index contributed by atoms with van der Waals surface area (Å²) in [5, 5.41) is 1.02. The predicted molar refractivity (Wildman–Crippen MR) is 108 cm³/mol. The normalized spacial score (nSPS) is 19.2. The summed E-state index contributed by atoms with van der Waals surface area (Å²) in [6.45, 7) is 6.05. The number of nitrogens with one attached hydrogen (secondary N) is 1. The molecule has 1 N–H and O–H groups in total. The van der Waals surface area contributed by atoms with Crippen molar-refractivity contribution in [2.75, 3.05) is 39.5 Å². The second-order valence-corrected chi connectivity index (χ2v) is 10.0. The van der Waals surface area contributed by atoms with Crippen LogP contribution in [0, 0.1) is 6.92 Å². The van der Waals surface area contributed by atoms with Crippen molar-refractivity contribution >= 4 is 20.7 Å². The van der Waals surface area contributed by atoms with Crippen LogP contribution in [0.3, 0.4) is 0 Å². The first-order chi connectivity index (χ1) is 12.9. The Kier molecular flexibility index (Phi) is 4.68. The lowest BCUT2D eigenvalue weighted by Crippen LogP contribution is -2.54. The molecule has 2 aromatic rings. The van der Waals surface area contributed by atoms with Crippen LogP contribution in [0.4, 0.5) is 0 Å². The van der Waals surface area contributed by atoms with E-state index in [0.29, 0.717) is 13.1 Å². The number of sulfone groups is 1. The van der Waals surface area contributed by atoms with Gasteiger partial charge in [-0.25, -0.2) is 8.42 Å². The third-order valence-electron chi connectivity index (χ3n) is 5.84. The van der Waals surface area contributed by atoms with E-state index in [4.69, 9.17) is 4.74 Å². The van der Waals surface area contributed by atoms with Crippen molar-refractivity contribution in [1.82, 2.24) is 14.8 Å². The molecule has 0 aliphatic carbocycles. The molecular formula is C20H27N3O3S. The molecule has 2 aliphatic rings. The Hall–Kier alpha value is -1.99. The molecule has 0 saturated carbocycles. The zero-order valence-electron chi connectivity index (χ0n) is 16.2. The van der Waals surface area contributed by atoms with E-state index >= 15 is 0 Å². The van der Waals surface area contributed by atoms with Gasteiger partial charge in [-0.3, -0.25) is 4.90 Å². The number of methoxy groups -OCH3 is 1. The number of rotatable bonds is 5. The number of fused-ring (bicyclic) bond motifs is 1. The van der Waals surface area contributed by atoms with E-state index in [1.165, 1.54) is 34.0 Å². The fourth-order valence-corrected chi connectivity index (χ4v) is 4.98. The molecule has 1 aromatic carbocycles. The Labute approximate surface area is 160 Å². The Morgan fingerprint density at radius 1 is 1.33 bits per heavy atom. The number of hydrogen-bond acceptors (Lipinski definition) is 5. The molecule has 2 aliphatic heterocycles. The molecule has 1 aromatic heterocycles. The molecule has 146 valence electrons. The van der Waals surface area contributed by atoms with Crippen LogP contribution in [-0.2, 0) is 16.4 Å². The van der Waals surface area contributed by atoms with Crippen LogP contribution in [0.25, 0.3) is 10.9 Å². The molecule has 4 rings (SSSR count). The fourth-order valence-electron chi connectivity index (χ4n) is 4.08. The van der Waals surface area contributed by atoms with E-state index in [1.807, 2.05) is 6.20 Å². The van der Waals surface area contributed by atoms with Crippen molar-refractivity contribution in [2.45, 2.75) is 25.1 Å². The summed E-state index contributed by atoms with van der Waals surface area (Å²) in [4.78, 5) is 7.95. The summed E-state index contributed by atoms with van der Waals surface area (Å²) in [6.07, 6.45) is 6.53. The first-order valence-corrected chi connectivity index (χ1v) is 11.3. The monoisotopic (exact) mass is 389 g/mol. The molecule has 1 saturated heterocycles. The van der Waals surface area contributed by atoms with Crippen molar-refractivity contribution in [3.05, 3.63) is 41.2 Å². The van der Waals surface area contributed by atoms with Gasteiger partial charge < -0.3 is 14.6 Å². The number of likely N-dealkylation sites (tertiary alicyclic amines) is 1.